The third kappa shape index (κ3) is 5.40. The summed E-state index contributed by atoms with van der Waals surface area (Å²) in [4.78, 5) is 11.6. The molecule has 106 valence electrons. The van der Waals surface area contributed by atoms with E-state index in [-0.39, 0.29) is 24.1 Å². The molecule has 0 aliphatic carbocycles. The summed E-state index contributed by atoms with van der Waals surface area (Å²) in [5, 5.41) is 2.78. The summed E-state index contributed by atoms with van der Waals surface area (Å²) >= 11 is 0. The number of benzene rings is 1. The molecule has 0 spiro atoms. The first-order valence-corrected chi connectivity index (χ1v) is 7.86. The molecule has 1 aromatic carbocycles. The highest BCUT2D eigenvalue weighted by Gasteiger charge is 2.08. The zero-order valence-corrected chi connectivity index (χ0v) is 12.3. The molecule has 0 aliphatic heterocycles. The molecular formula is C13H20N2O3S. The molecule has 0 aromatic heterocycles. The number of rotatable bonds is 6. The van der Waals surface area contributed by atoms with Gasteiger partial charge in [0.2, 0.25) is 15.9 Å². The molecule has 0 atom stereocenters. The van der Waals surface area contributed by atoms with Gasteiger partial charge >= 0.3 is 0 Å². The lowest BCUT2D eigenvalue weighted by molar-refractivity contribution is -0.118. The van der Waals surface area contributed by atoms with Crippen LogP contribution in [0.15, 0.2) is 24.3 Å². The van der Waals surface area contributed by atoms with Crippen molar-refractivity contribution in [3.05, 3.63) is 29.8 Å². The lowest BCUT2D eigenvalue weighted by Gasteiger charge is -2.10. The van der Waals surface area contributed by atoms with Crippen molar-refractivity contribution in [3.8, 4) is 0 Å². The van der Waals surface area contributed by atoms with Crippen LogP contribution in [0.1, 0.15) is 26.3 Å². The Morgan fingerprint density at radius 2 is 2.00 bits per heavy atom. The van der Waals surface area contributed by atoms with Crippen LogP contribution in [-0.2, 0) is 21.4 Å². The second-order valence-corrected chi connectivity index (χ2v) is 6.66. The maximum absolute atomic E-state index is 11.6. The van der Waals surface area contributed by atoms with E-state index in [1.807, 2.05) is 19.9 Å². The second kappa shape index (κ2) is 6.68. The summed E-state index contributed by atoms with van der Waals surface area (Å²) in [6.45, 7) is 5.44. The molecule has 0 heterocycles. The van der Waals surface area contributed by atoms with Gasteiger partial charge in [0.1, 0.15) is 0 Å². The highest BCUT2D eigenvalue weighted by molar-refractivity contribution is 7.89. The number of nitrogens with one attached hydrogen (secondary N) is 2. The van der Waals surface area contributed by atoms with Gasteiger partial charge in [-0.3, -0.25) is 4.79 Å². The molecule has 0 saturated heterocycles. The Morgan fingerprint density at radius 3 is 2.58 bits per heavy atom. The topological polar surface area (TPSA) is 75.3 Å². The SMILES string of the molecule is CCS(=O)(=O)NCc1cccc(NC(=O)C(C)C)c1. The fourth-order valence-corrected chi connectivity index (χ4v) is 1.93. The van der Waals surface area contributed by atoms with E-state index in [1.54, 1.807) is 25.1 Å². The molecule has 19 heavy (non-hydrogen) atoms. The van der Waals surface area contributed by atoms with Gasteiger partial charge in [-0.05, 0) is 24.6 Å². The van der Waals surface area contributed by atoms with Crippen molar-refractivity contribution in [3.63, 3.8) is 0 Å². The van der Waals surface area contributed by atoms with Crippen LogP contribution in [0.4, 0.5) is 5.69 Å². The average Bonchev–Trinajstić information content (AvgIpc) is 2.37. The minimum absolute atomic E-state index is 0.0524. The van der Waals surface area contributed by atoms with Gasteiger partial charge in [-0.15, -0.1) is 0 Å². The highest BCUT2D eigenvalue weighted by Crippen LogP contribution is 2.12. The third-order valence-corrected chi connectivity index (χ3v) is 3.94. The van der Waals surface area contributed by atoms with Crippen molar-refractivity contribution in [2.45, 2.75) is 27.3 Å². The van der Waals surface area contributed by atoms with Crippen LogP contribution in [0.3, 0.4) is 0 Å². The van der Waals surface area contributed by atoms with Gasteiger partial charge in [0.05, 0.1) is 5.75 Å². The minimum Gasteiger partial charge on any atom is -0.326 e. The number of amides is 1. The summed E-state index contributed by atoms with van der Waals surface area (Å²) in [5.41, 5.74) is 1.48. The smallest absolute Gasteiger partial charge is 0.226 e. The van der Waals surface area contributed by atoms with Crippen LogP contribution in [0.5, 0.6) is 0 Å². The molecule has 1 rings (SSSR count). The first kappa shape index (κ1) is 15.7. The maximum atomic E-state index is 11.6. The standard InChI is InChI=1S/C13H20N2O3S/c1-4-19(17,18)14-9-11-6-5-7-12(8-11)15-13(16)10(2)3/h5-8,10,14H,4,9H2,1-3H3,(H,15,16). The van der Waals surface area contributed by atoms with E-state index >= 15 is 0 Å². The van der Waals surface area contributed by atoms with Crippen molar-refractivity contribution in [2.75, 3.05) is 11.1 Å². The van der Waals surface area contributed by atoms with E-state index in [2.05, 4.69) is 10.0 Å². The Balaban J connectivity index is 2.70. The Kier molecular flexibility index (Phi) is 5.50. The summed E-state index contributed by atoms with van der Waals surface area (Å²) in [7, 11) is -3.20. The van der Waals surface area contributed by atoms with Gasteiger partial charge in [-0.25, -0.2) is 13.1 Å². The molecule has 0 fully saturated rings. The molecular weight excluding hydrogens is 264 g/mol. The zero-order chi connectivity index (χ0) is 14.5. The first-order chi connectivity index (χ1) is 8.84. The fourth-order valence-electron chi connectivity index (χ4n) is 1.34. The van der Waals surface area contributed by atoms with Gasteiger partial charge < -0.3 is 5.32 Å². The van der Waals surface area contributed by atoms with Crippen molar-refractivity contribution >= 4 is 21.6 Å². The van der Waals surface area contributed by atoms with Gasteiger partial charge in [-0.2, -0.15) is 0 Å². The number of carbonyl (C=O) groups excluding carboxylic acids is 1. The van der Waals surface area contributed by atoms with Crippen molar-refractivity contribution < 1.29 is 13.2 Å². The van der Waals surface area contributed by atoms with E-state index in [9.17, 15) is 13.2 Å². The van der Waals surface area contributed by atoms with Crippen molar-refractivity contribution in [2.24, 2.45) is 5.92 Å². The monoisotopic (exact) mass is 284 g/mol. The fraction of sp³-hybridized carbons (Fsp3) is 0.462. The Morgan fingerprint density at radius 1 is 1.32 bits per heavy atom. The average molecular weight is 284 g/mol. The molecule has 0 unspecified atom stereocenters. The predicted octanol–water partition coefficient (Wildman–Crippen LogP) is 1.72. The first-order valence-electron chi connectivity index (χ1n) is 6.21. The number of carbonyl (C=O) groups is 1. The largest absolute Gasteiger partial charge is 0.326 e. The van der Waals surface area contributed by atoms with Crippen LogP contribution in [0, 0.1) is 5.92 Å². The summed E-state index contributed by atoms with van der Waals surface area (Å²) in [5.74, 6) is -0.106. The molecule has 0 aliphatic rings. The van der Waals surface area contributed by atoms with Gasteiger partial charge in [0.15, 0.2) is 0 Å². The van der Waals surface area contributed by atoms with Gasteiger partial charge in [0.25, 0.3) is 0 Å². The summed E-state index contributed by atoms with van der Waals surface area (Å²) in [6.07, 6.45) is 0. The quantitative estimate of drug-likeness (QED) is 0.835. The van der Waals surface area contributed by atoms with E-state index in [0.717, 1.165) is 5.56 Å². The van der Waals surface area contributed by atoms with E-state index in [4.69, 9.17) is 0 Å². The second-order valence-electron chi connectivity index (χ2n) is 4.57. The molecule has 0 saturated carbocycles. The van der Waals surface area contributed by atoms with Gasteiger partial charge in [-0.1, -0.05) is 26.0 Å². The molecule has 1 aromatic rings. The lowest BCUT2D eigenvalue weighted by atomic mass is 10.1. The predicted molar refractivity (Wildman–Crippen MR) is 76.2 cm³/mol. The summed E-state index contributed by atoms with van der Waals surface area (Å²) < 4.78 is 25.2. The van der Waals surface area contributed by atoms with Crippen LogP contribution in [0.2, 0.25) is 0 Å². The number of sulfonamides is 1. The van der Waals surface area contributed by atoms with E-state index in [0.29, 0.717) is 5.69 Å². The van der Waals surface area contributed by atoms with Crippen LogP contribution in [0.25, 0.3) is 0 Å². The normalized spacial score (nSPS) is 11.6. The molecule has 2 N–H and O–H groups in total. The van der Waals surface area contributed by atoms with Crippen LogP contribution < -0.4 is 10.0 Å². The van der Waals surface area contributed by atoms with Crippen LogP contribution >= 0.6 is 0 Å². The molecule has 1 amide bonds. The third-order valence-electron chi connectivity index (χ3n) is 2.60. The zero-order valence-electron chi connectivity index (χ0n) is 11.4. The van der Waals surface area contributed by atoms with Crippen molar-refractivity contribution in [1.29, 1.82) is 0 Å². The van der Waals surface area contributed by atoms with E-state index < -0.39 is 10.0 Å². The van der Waals surface area contributed by atoms with Crippen molar-refractivity contribution in [1.82, 2.24) is 4.72 Å². The number of anilines is 1. The molecule has 6 heteroatoms. The minimum atomic E-state index is -3.20. The highest BCUT2D eigenvalue weighted by atomic mass is 32.2. The molecule has 5 nitrogen and oxygen atoms in total. The maximum Gasteiger partial charge on any atom is 0.226 e. The Labute approximate surface area is 114 Å². The molecule has 0 bridgehead atoms. The van der Waals surface area contributed by atoms with E-state index in [1.165, 1.54) is 0 Å². The number of hydrogen-bond acceptors (Lipinski definition) is 3. The lowest BCUT2D eigenvalue weighted by Crippen LogP contribution is -2.24. The number of hydrogen-bond donors (Lipinski definition) is 2. The van der Waals surface area contributed by atoms with Crippen LogP contribution in [-0.4, -0.2) is 20.1 Å². The Hall–Kier alpha value is -1.40. The molecule has 0 radical (unpaired) electrons. The van der Waals surface area contributed by atoms with Gasteiger partial charge in [0, 0.05) is 18.2 Å². The summed E-state index contributed by atoms with van der Waals surface area (Å²) in [6, 6.07) is 7.13. The Bertz CT molecular complexity index is 539.